The Hall–Kier alpha value is -1.65. The molecule has 0 unspecified atom stereocenters. The molecule has 0 aliphatic rings. The molecule has 5 nitrogen and oxygen atoms in total. The van der Waals surface area contributed by atoms with Gasteiger partial charge in [0.1, 0.15) is 5.56 Å². The van der Waals surface area contributed by atoms with Crippen molar-refractivity contribution in [3.05, 3.63) is 27.4 Å². The number of aromatic nitrogens is 2. The summed E-state index contributed by atoms with van der Waals surface area (Å²) in [5.74, 6) is -1.03. The molecule has 1 aromatic heterocycles. The maximum atomic E-state index is 11.2. The lowest BCUT2D eigenvalue weighted by molar-refractivity contribution is 0.0693. The number of carboxylic acid groups (broad SMARTS) is 1. The summed E-state index contributed by atoms with van der Waals surface area (Å²) in [7, 11) is 0. The third-order valence-electron chi connectivity index (χ3n) is 2.13. The highest BCUT2D eigenvalue weighted by molar-refractivity contribution is 5.90. The lowest BCUT2D eigenvalue weighted by atomic mass is 10.1. The maximum Gasteiger partial charge on any atom is 0.345 e. The molecule has 82 valence electrons. The molecule has 2 N–H and O–H groups in total. The van der Waals surface area contributed by atoms with Crippen LogP contribution >= 0.6 is 0 Å². The fourth-order valence-electron chi connectivity index (χ4n) is 1.52. The number of rotatable bonds is 4. The van der Waals surface area contributed by atoms with Crippen LogP contribution in [0.15, 0.2) is 4.79 Å². The molecule has 0 saturated heterocycles. The highest BCUT2D eigenvalue weighted by Crippen LogP contribution is 2.11. The molecule has 0 radical (unpaired) electrons. The first-order chi connectivity index (χ1) is 7.10. The van der Waals surface area contributed by atoms with Gasteiger partial charge in [0.2, 0.25) is 0 Å². The monoisotopic (exact) mass is 210 g/mol. The Kier molecular flexibility index (Phi) is 3.60. The van der Waals surface area contributed by atoms with Gasteiger partial charge in [0, 0.05) is 5.69 Å². The fourth-order valence-corrected chi connectivity index (χ4v) is 1.52. The first kappa shape index (κ1) is 11.4. The van der Waals surface area contributed by atoms with Crippen molar-refractivity contribution in [2.45, 2.75) is 33.1 Å². The number of hydrogen-bond donors (Lipinski definition) is 2. The van der Waals surface area contributed by atoms with Gasteiger partial charge in [0.05, 0.1) is 5.69 Å². The van der Waals surface area contributed by atoms with E-state index < -0.39 is 11.7 Å². The topological polar surface area (TPSA) is 83.0 Å². The second-order valence-corrected chi connectivity index (χ2v) is 3.25. The van der Waals surface area contributed by atoms with Crippen molar-refractivity contribution in [1.29, 1.82) is 0 Å². The summed E-state index contributed by atoms with van der Waals surface area (Å²) in [4.78, 5) is 28.3. The van der Waals surface area contributed by atoms with Gasteiger partial charge in [-0.2, -0.15) is 4.98 Å². The zero-order valence-corrected chi connectivity index (χ0v) is 8.83. The van der Waals surface area contributed by atoms with Gasteiger partial charge in [-0.15, -0.1) is 0 Å². The maximum absolute atomic E-state index is 11.2. The average Bonchev–Trinajstić information content (AvgIpc) is 2.16. The number of nitrogens with one attached hydrogen (secondary N) is 1. The predicted octanol–water partition coefficient (Wildman–Crippen LogP) is 0.983. The SMILES string of the molecule is CCCc1[nH]c(=O)nc(CC)c1C(=O)O. The van der Waals surface area contributed by atoms with E-state index in [4.69, 9.17) is 5.11 Å². The first-order valence-corrected chi connectivity index (χ1v) is 4.95. The van der Waals surface area contributed by atoms with Crippen LogP contribution in [0.25, 0.3) is 0 Å². The minimum Gasteiger partial charge on any atom is -0.478 e. The Bertz CT molecular complexity index is 423. The number of aromatic amines is 1. The Labute approximate surface area is 87.2 Å². The number of hydrogen-bond acceptors (Lipinski definition) is 3. The van der Waals surface area contributed by atoms with E-state index in [9.17, 15) is 9.59 Å². The van der Waals surface area contributed by atoms with Crippen molar-refractivity contribution in [1.82, 2.24) is 9.97 Å². The lowest BCUT2D eigenvalue weighted by Crippen LogP contribution is -2.21. The Morgan fingerprint density at radius 2 is 2.13 bits per heavy atom. The van der Waals surface area contributed by atoms with Crippen molar-refractivity contribution in [3.8, 4) is 0 Å². The molecule has 0 aliphatic heterocycles. The molecule has 0 amide bonds. The summed E-state index contributed by atoms with van der Waals surface area (Å²) in [6.45, 7) is 3.71. The predicted molar refractivity (Wildman–Crippen MR) is 55.2 cm³/mol. The van der Waals surface area contributed by atoms with Gasteiger partial charge in [-0.1, -0.05) is 20.3 Å². The van der Waals surface area contributed by atoms with Gasteiger partial charge < -0.3 is 10.1 Å². The summed E-state index contributed by atoms with van der Waals surface area (Å²) in [5, 5.41) is 9.03. The number of aromatic carboxylic acids is 1. The standard InChI is InChI=1S/C10H14N2O3/c1-3-5-7-8(9(13)14)6(4-2)11-10(15)12-7/h3-5H2,1-2H3,(H,13,14)(H,11,12,15). The lowest BCUT2D eigenvalue weighted by Gasteiger charge is -2.07. The van der Waals surface area contributed by atoms with Crippen molar-refractivity contribution in [2.75, 3.05) is 0 Å². The third kappa shape index (κ3) is 2.43. The van der Waals surface area contributed by atoms with Gasteiger partial charge in [-0.25, -0.2) is 9.59 Å². The molecule has 1 heterocycles. The highest BCUT2D eigenvalue weighted by Gasteiger charge is 2.16. The van der Waals surface area contributed by atoms with E-state index >= 15 is 0 Å². The van der Waals surface area contributed by atoms with Gasteiger partial charge in [-0.3, -0.25) is 0 Å². The summed E-state index contributed by atoms with van der Waals surface area (Å²) in [5.41, 5.74) is 0.510. The van der Waals surface area contributed by atoms with Crippen LogP contribution in [0.4, 0.5) is 0 Å². The zero-order valence-electron chi connectivity index (χ0n) is 8.83. The number of carbonyl (C=O) groups is 1. The van der Waals surface area contributed by atoms with Crippen LogP contribution < -0.4 is 5.69 Å². The molecule has 0 fully saturated rings. The Balaban J connectivity index is 3.40. The second kappa shape index (κ2) is 4.72. The van der Waals surface area contributed by atoms with Crippen molar-refractivity contribution in [3.63, 3.8) is 0 Å². The summed E-state index contributed by atoms with van der Waals surface area (Å²) >= 11 is 0. The van der Waals surface area contributed by atoms with Crippen molar-refractivity contribution >= 4 is 5.97 Å². The van der Waals surface area contributed by atoms with Crippen molar-refractivity contribution < 1.29 is 9.90 Å². The molecule has 0 aromatic carbocycles. The zero-order chi connectivity index (χ0) is 11.4. The van der Waals surface area contributed by atoms with Crippen molar-refractivity contribution in [2.24, 2.45) is 0 Å². The molecule has 15 heavy (non-hydrogen) atoms. The molecule has 0 spiro atoms. The average molecular weight is 210 g/mol. The van der Waals surface area contributed by atoms with Crippen LogP contribution in [0.3, 0.4) is 0 Å². The van der Waals surface area contributed by atoms with Crippen LogP contribution in [0, 0.1) is 0 Å². The van der Waals surface area contributed by atoms with E-state index in [-0.39, 0.29) is 5.56 Å². The molecule has 0 atom stereocenters. The second-order valence-electron chi connectivity index (χ2n) is 3.25. The molecule has 1 aromatic rings. The van der Waals surface area contributed by atoms with Crippen LogP contribution in [0.2, 0.25) is 0 Å². The number of aryl methyl sites for hydroxylation is 2. The van der Waals surface area contributed by atoms with Crippen LogP contribution in [-0.4, -0.2) is 21.0 Å². The van der Waals surface area contributed by atoms with Gasteiger partial charge in [-0.05, 0) is 12.8 Å². The van der Waals surface area contributed by atoms with E-state index in [1.807, 2.05) is 6.92 Å². The van der Waals surface area contributed by atoms with E-state index in [1.165, 1.54) is 0 Å². The van der Waals surface area contributed by atoms with Gasteiger partial charge in [0.15, 0.2) is 0 Å². The third-order valence-corrected chi connectivity index (χ3v) is 2.13. The summed E-state index contributed by atoms with van der Waals surface area (Å²) in [6, 6.07) is 0. The number of H-pyrrole nitrogens is 1. The molecular formula is C10H14N2O3. The number of carboxylic acids is 1. The largest absolute Gasteiger partial charge is 0.478 e. The van der Waals surface area contributed by atoms with E-state index in [0.29, 0.717) is 24.2 Å². The molecular weight excluding hydrogens is 196 g/mol. The quantitative estimate of drug-likeness (QED) is 0.776. The minimum atomic E-state index is -1.03. The van der Waals surface area contributed by atoms with Gasteiger partial charge >= 0.3 is 11.7 Å². The summed E-state index contributed by atoms with van der Waals surface area (Å²) in [6.07, 6.45) is 1.78. The van der Waals surface area contributed by atoms with E-state index in [0.717, 1.165) is 6.42 Å². The summed E-state index contributed by atoms with van der Waals surface area (Å²) < 4.78 is 0. The smallest absolute Gasteiger partial charge is 0.345 e. The molecule has 0 aliphatic carbocycles. The van der Waals surface area contributed by atoms with Crippen LogP contribution in [-0.2, 0) is 12.8 Å². The molecule has 1 rings (SSSR count). The fraction of sp³-hybridized carbons (Fsp3) is 0.500. The Morgan fingerprint density at radius 1 is 1.47 bits per heavy atom. The van der Waals surface area contributed by atoms with Crippen LogP contribution in [0.1, 0.15) is 42.0 Å². The van der Waals surface area contributed by atoms with E-state index in [1.54, 1.807) is 6.92 Å². The number of nitrogens with zero attached hydrogens (tertiary/aromatic N) is 1. The molecule has 0 bridgehead atoms. The van der Waals surface area contributed by atoms with Crippen LogP contribution in [0.5, 0.6) is 0 Å². The highest BCUT2D eigenvalue weighted by atomic mass is 16.4. The van der Waals surface area contributed by atoms with Gasteiger partial charge in [0.25, 0.3) is 0 Å². The Morgan fingerprint density at radius 3 is 2.60 bits per heavy atom. The van der Waals surface area contributed by atoms with E-state index in [2.05, 4.69) is 9.97 Å². The first-order valence-electron chi connectivity index (χ1n) is 4.95. The molecule has 5 heteroatoms. The minimum absolute atomic E-state index is 0.152. The molecule has 0 saturated carbocycles. The normalized spacial score (nSPS) is 10.3.